The highest BCUT2D eigenvalue weighted by Gasteiger charge is 2.34. The van der Waals surface area contributed by atoms with Crippen LogP contribution in [0.3, 0.4) is 0 Å². The number of likely N-dealkylation sites (tertiary alicyclic amines) is 1. The van der Waals surface area contributed by atoms with Gasteiger partial charge in [-0.15, -0.1) is 10.2 Å². The van der Waals surface area contributed by atoms with Gasteiger partial charge in [0.2, 0.25) is 11.8 Å². The van der Waals surface area contributed by atoms with Gasteiger partial charge in [-0.25, -0.2) is 0 Å². The highest BCUT2D eigenvalue weighted by Crippen LogP contribution is 2.27. The summed E-state index contributed by atoms with van der Waals surface area (Å²) >= 11 is 0. The third-order valence-electron chi connectivity index (χ3n) is 6.19. The van der Waals surface area contributed by atoms with Crippen LogP contribution in [-0.4, -0.2) is 44.1 Å². The van der Waals surface area contributed by atoms with Gasteiger partial charge in [0.1, 0.15) is 5.82 Å². The summed E-state index contributed by atoms with van der Waals surface area (Å²) in [5, 5.41) is 11.4. The van der Waals surface area contributed by atoms with E-state index in [0.29, 0.717) is 32.0 Å². The molecule has 3 aliphatic rings. The van der Waals surface area contributed by atoms with Crippen LogP contribution in [0.2, 0.25) is 0 Å². The van der Waals surface area contributed by atoms with Gasteiger partial charge in [-0.2, -0.15) is 0 Å². The molecule has 0 spiro atoms. The average molecular weight is 359 g/mol. The number of aromatic nitrogens is 3. The Bertz CT molecular complexity index is 663. The normalized spacial score (nSPS) is 24.4. The summed E-state index contributed by atoms with van der Waals surface area (Å²) in [4.78, 5) is 27.1. The summed E-state index contributed by atoms with van der Waals surface area (Å²) in [7, 11) is 0. The molecule has 1 saturated heterocycles. The molecular formula is C19H29N5O2. The number of piperidine rings is 1. The van der Waals surface area contributed by atoms with Crippen LogP contribution < -0.4 is 5.32 Å². The largest absolute Gasteiger partial charge is 0.348 e. The first kappa shape index (κ1) is 17.5. The second kappa shape index (κ2) is 7.76. The van der Waals surface area contributed by atoms with Crippen molar-refractivity contribution in [3.8, 4) is 0 Å². The molecule has 1 aromatic rings. The quantitative estimate of drug-likeness (QED) is 0.832. The van der Waals surface area contributed by atoms with Crippen LogP contribution in [-0.2, 0) is 29.1 Å². The highest BCUT2D eigenvalue weighted by atomic mass is 16.2. The predicted octanol–water partition coefficient (Wildman–Crippen LogP) is 1.80. The van der Waals surface area contributed by atoms with Crippen molar-refractivity contribution in [2.24, 2.45) is 5.92 Å². The summed E-state index contributed by atoms with van der Waals surface area (Å²) < 4.78 is 2.11. The summed E-state index contributed by atoms with van der Waals surface area (Å²) in [6, 6.07) is 0.334. The van der Waals surface area contributed by atoms with Gasteiger partial charge >= 0.3 is 0 Å². The fourth-order valence-electron chi connectivity index (χ4n) is 4.66. The number of aryl methyl sites for hydroxylation is 1. The fourth-order valence-corrected chi connectivity index (χ4v) is 4.66. The molecule has 2 amide bonds. The van der Waals surface area contributed by atoms with Crippen molar-refractivity contribution < 1.29 is 9.59 Å². The van der Waals surface area contributed by atoms with Crippen LogP contribution in [0.4, 0.5) is 0 Å². The third kappa shape index (κ3) is 3.62. The molecule has 0 aromatic carbocycles. The lowest BCUT2D eigenvalue weighted by molar-refractivity contribution is -0.141. The van der Waals surface area contributed by atoms with Crippen LogP contribution in [0.1, 0.15) is 69.4 Å². The van der Waals surface area contributed by atoms with E-state index < -0.39 is 0 Å². The molecule has 26 heavy (non-hydrogen) atoms. The molecule has 0 radical (unpaired) electrons. The summed E-state index contributed by atoms with van der Waals surface area (Å²) in [6.07, 6.45) is 10.3. The van der Waals surface area contributed by atoms with Crippen molar-refractivity contribution in [3.05, 3.63) is 11.6 Å². The Morgan fingerprint density at radius 2 is 1.85 bits per heavy atom. The number of carbonyl (C=O) groups excluding carboxylic acids is 2. The predicted molar refractivity (Wildman–Crippen MR) is 96.1 cm³/mol. The maximum absolute atomic E-state index is 12.7. The first-order chi connectivity index (χ1) is 12.7. The molecule has 1 aliphatic carbocycles. The molecule has 1 saturated carbocycles. The first-order valence-corrected chi connectivity index (χ1v) is 10.2. The zero-order valence-electron chi connectivity index (χ0n) is 15.5. The van der Waals surface area contributed by atoms with Gasteiger partial charge in [0.05, 0.1) is 12.5 Å². The summed E-state index contributed by atoms with van der Waals surface area (Å²) in [5.74, 6) is 2.05. The zero-order valence-corrected chi connectivity index (χ0v) is 15.5. The number of nitrogens with zero attached hydrogens (tertiary/aromatic N) is 4. The molecule has 142 valence electrons. The molecule has 2 aliphatic heterocycles. The van der Waals surface area contributed by atoms with E-state index in [9.17, 15) is 9.59 Å². The van der Waals surface area contributed by atoms with Gasteiger partial charge in [-0.3, -0.25) is 9.59 Å². The van der Waals surface area contributed by atoms with E-state index in [4.69, 9.17) is 0 Å². The van der Waals surface area contributed by atoms with Crippen LogP contribution in [0.15, 0.2) is 0 Å². The number of hydrogen-bond donors (Lipinski definition) is 1. The van der Waals surface area contributed by atoms with E-state index in [1.807, 2.05) is 4.90 Å². The summed E-state index contributed by atoms with van der Waals surface area (Å²) in [6.45, 7) is 1.95. The van der Waals surface area contributed by atoms with Crippen LogP contribution in [0.25, 0.3) is 0 Å². The molecule has 1 aromatic heterocycles. The lowest BCUT2D eigenvalue weighted by atomic mass is 9.93. The smallest absolute Gasteiger partial charge is 0.225 e. The van der Waals surface area contributed by atoms with E-state index >= 15 is 0 Å². The van der Waals surface area contributed by atoms with E-state index in [2.05, 4.69) is 20.1 Å². The highest BCUT2D eigenvalue weighted by molar-refractivity contribution is 5.83. The minimum Gasteiger partial charge on any atom is -0.348 e. The molecule has 3 heterocycles. The lowest BCUT2D eigenvalue weighted by Crippen LogP contribution is -2.49. The van der Waals surface area contributed by atoms with Crippen molar-refractivity contribution in [2.75, 3.05) is 6.54 Å². The Morgan fingerprint density at radius 3 is 2.65 bits per heavy atom. The van der Waals surface area contributed by atoms with E-state index in [1.165, 1.54) is 25.7 Å². The van der Waals surface area contributed by atoms with Crippen molar-refractivity contribution in [2.45, 2.75) is 83.3 Å². The van der Waals surface area contributed by atoms with Crippen molar-refractivity contribution in [1.82, 2.24) is 25.0 Å². The molecular weight excluding hydrogens is 330 g/mol. The fraction of sp³-hybridized carbons (Fsp3) is 0.789. The third-order valence-corrected chi connectivity index (χ3v) is 6.19. The Kier molecular flexibility index (Phi) is 5.22. The zero-order chi connectivity index (χ0) is 17.9. The van der Waals surface area contributed by atoms with Gasteiger partial charge in [0.15, 0.2) is 5.82 Å². The van der Waals surface area contributed by atoms with Gasteiger partial charge in [0, 0.05) is 32.0 Å². The van der Waals surface area contributed by atoms with Crippen molar-refractivity contribution >= 4 is 11.8 Å². The van der Waals surface area contributed by atoms with Crippen molar-refractivity contribution in [3.63, 3.8) is 0 Å². The number of hydrogen-bond acceptors (Lipinski definition) is 4. The first-order valence-electron chi connectivity index (χ1n) is 10.2. The average Bonchev–Trinajstić information content (AvgIpc) is 3.16. The van der Waals surface area contributed by atoms with E-state index in [0.717, 1.165) is 43.9 Å². The second-order valence-corrected chi connectivity index (χ2v) is 7.93. The number of carbonyl (C=O) groups is 2. The van der Waals surface area contributed by atoms with E-state index in [1.54, 1.807) is 0 Å². The molecule has 0 bridgehead atoms. The Hall–Kier alpha value is -1.92. The Labute approximate surface area is 154 Å². The van der Waals surface area contributed by atoms with Gasteiger partial charge in [0.25, 0.3) is 0 Å². The molecule has 4 rings (SSSR count). The lowest BCUT2D eigenvalue weighted by Gasteiger charge is -2.37. The van der Waals surface area contributed by atoms with Crippen molar-refractivity contribution in [1.29, 1.82) is 0 Å². The molecule has 1 unspecified atom stereocenters. The number of fused-ring (bicyclic) bond motifs is 1. The van der Waals surface area contributed by atoms with Gasteiger partial charge in [-0.05, 0) is 25.7 Å². The topological polar surface area (TPSA) is 80.1 Å². The van der Waals surface area contributed by atoms with Gasteiger partial charge < -0.3 is 14.8 Å². The second-order valence-electron chi connectivity index (χ2n) is 7.93. The maximum Gasteiger partial charge on any atom is 0.225 e. The SMILES string of the molecule is O=C(NCc1nnc2n1CCC2)C1CCC(=O)N(C2CCCCCC2)C1. The molecule has 7 heteroatoms. The minimum atomic E-state index is -0.100. The van der Waals surface area contributed by atoms with Crippen LogP contribution in [0.5, 0.6) is 0 Å². The maximum atomic E-state index is 12.7. The molecule has 1 atom stereocenters. The van der Waals surface area contributed by atoms with Gasteiger partial charge in [-0.1, -0.05) is 25.7 Å². The number of rotatable bonds is 4. The molecule has 2 fully saturated rings. The van der Waals surface area contributed by atoms with Crippen LogP contribution >= 0.6 is 0 Å². The standard InChI is InChI=1S/C19H29N5O2/c25-18-10-9-14(13-24(18)15-6-3-1-2-4-7-15)19(26)20-12-17-22-21-16-8-5-11-23(16)17/h14-15H,1-13H2,(H,20,26). The monoisotopic (exact) mass is 359 g/mol. The molecule has 7 nitrogen and oxygen atoms in total. The Morgan fingerprint density at radius 1 is 1.04 bits per heavy atom. The molecule has 1 N–H and O–H groups in total. The number of amides is 2. The summed E-state index contributed by atoms with van der Waals surface area (Å²) in [5.41, 5.74) is 0. The number of nitrogens with one attached hydrogen (secondary N) is 1. The van der Waals surface area contributed by atoms with Crippen LogP contribution in [0, 0.1) is 5.92 Å². The Balaban J connectivity index is 1.34. The minimum absolute atomic E-state index is 0.0477. The van der Waals surface area contributed by atoms with E-state index in [-0.39, 0.29) is 17.7 Å².